The van der Waals surface area contributed by atoms with Crippen molar-refractivity contribution in [1.29, 1.82) is 0 Å². The van der Waals surface area contributed by atoms with Gasteiger partial charge in [0.25, 0.3) is 0 Å². The van der Waals surface area contributed by atoms with E-state index in [0.717, 1.165) is 46.7 Å². The Morgan fingerprint density at radius 1 is 0.395 bits per heavy atom. The van der Waals surface area contributed by atoms with Crippen LogP contribution in [0.3, 0.4) is 0 Å². The van der Waals surface area contributed by atoms with Crippen molar-refractivity contribution in [3.05, 3.63) is 141 Å². The Hall–Kier alpha value is -5.51. The minimum Gasteiger partial charge on any atom is -0.351 e. The molecule has 3 aliphatic rings. The largest absolute Gasteiger partial charge is 0.351 e. The molecular formula is C68H79N3O2S3. The van der Waals surface area contributed by atoms with E-state index in [1.165, 1.54) is 53.2 Å². The molecule has 396 valence electrons. The lowest BCUT2D eigenvalue weighted by atomic mass is 9.84. The van der Waals surface area contributed by atoms with Crippen LogP contribution in [0, 0.1) is 23.7 Å². The van der Waals surface area contributed by atoms with Crippen LogP contribution in [-0.2, 0) is 42.3 Å². The molecule has 0 fully saturated rings. The third kappa shape index (κ3) is 10.2. The summed E-state index contributed by atoms with van der Waals surface area (Å²) in [5.74, 6) is 14.7. The Labute approximate surface area is 465 Å². The fraction of sp³-hybridized carbons (Fsp3) is 0.412. The molecule has 9 rings (SSSR count). The predicted molar refractivity (Wildman–Crippen MR) is 325 cm³/mol. The van der Waals surface area contributed by atoms with Gasteiger partial charge in [-0.25, -0.2) is 8.42 Å². The maximum Gasteiger partial charge on any atom is 0.210 e. The lowest BCUT2D eigenvalue weighted by Crippen LogP contribution is -2.23. The molecule has 0 amide bonds. The summed E-state index contributed by atoms with van der Waals surface area (Å²) in [4.78, 5) is 10.1. The molecule has 3 aliphatic heterocycles. The van der Waals surface area contributed by atoms with Gasteiger partial charge in [0.2, 0.25) is 9.84 Å². The van der Waals surface area contributed by atoms with Gasteiger partial charge in [-0.05, 0) is 153 Å². The van der Waals surface area contributed by atoms with Crippen LogP contribution in [0.25, 0.3) is 0 Å². The van der Waals surface area contributed by atoms with E-state index in [1.54, 1.807) is 0 Å². The van der Waals surface area contributed by atoms with E-state index in [2.05, 4.69) is 250 Å². The van der Waals surface area contributed by atoms with Gasteiger partial charge in [-0.2, -0.15) is 0 Å². The molecule has 0 saturated heterocycles. The summed E-state index contributed by atoms with van der Waals surface area (Å²) in [5.41, 5.74) is 14.3. The van der Waals surface area contributed by atoms with Crippen LogP contribution in [0.1, 0.15) is 194 Å². The number of nitrogens with zero attached hydrogens (tertiary/aromatic N) is 2. The highest BCUT2D eigenvalue weighted by Gasteiger charge is 2.37. The van der Waals surface area contributed by atoms with Gasteiger partial charge in [0.15, 0.2) is 0 Å². The van der Waals surface area contributed by atoms with Gasteiger partial charge in [0, 0.05) is 32.7 Å². The number of nitrogens with one attached hydrogen (secondary N) is 1. The monoisotopic (exact) mass is 1070 g/mol. The first-order valence-corrected chi connectivity index (χ1v) is 30.2. The number of fused-ring (bicyclic) bond motifs is 6. The fourth-order valence-corrected chi connectivity index (χ4v) is 14.3. The number of hydrogen-bond donors (Lipinski definition) is 1. The summed E-state index contributed by atoms with van der Waals surface area (Å²) >= 11 is 3.63. The van der Waals surface area contributed by atoms with E-state index >= 15 is 8.42 Å². The molecule has 0 spiro atoms. The van der Waals surface area contributed by atoms with Crippen molar-refractivity contribution in [2.45, 2.75) is 200 Å². The highest BCUT2D eigenvalue weighted by atomic mass is 32.2. The molecule has 0 radical (unpaired) electrons. The number of anilines is 6. The zero-order valence-corrected chi connectivity index (χ0v) is 51.4. The number of rotatable bonds is 2. The van der Waals surface area contributed by atoms with E-state index in [1.807, 2.05) is 35.7 Å². The third-order valence-corrected chi connectivity index (χ3v) is 19.1. The Balaban J connectivity index is 1.24. The van der Waals surface area contributed by atoms with Gasteiger partial charge < -0.3 is 15.1 Å². The summed E-state index contributed by atoms with van der Waals surface area (Å²) in [6.45, 7) is 45.8. The maximum absolute atomic E-state index is 15.6. The van der Waals surface area contributed by atoms with Crippen molar-refractivity contribution in [1.82, 2.24) is 0 Å². The summed E-state index contributed by atoms with van der Waals surface area (Å²) in [6, 6.07) is 30.9. The first-order valence-electron chi connectivity index (χ1n) is 27.1. The zero-order valence-electron chi connectivity index (χ0n) is 48.9. The molecule has 0 atom stereocenters. The Bertz CT molecular complexity index is 3400. The van der Waals surface area contributed by atoms with Gasteiger partial charge in [0.05, 0.1) is 66.2 Å². The Kier molecular flexibility index (Phi) is 13.7. The second-order valence-corrected chi connectivity index (χ2v) is 31.3. The van der Waals surface area contributed by atoms with Crippen molar-refractivity contribution in [3.8, 4) is 23.7 Å². The predicted octanol–water partition coefficient (Wildman–Crippen LogP) is 18.4. The average Bonchev–Trinajstić information content (AvgIpc) is 3.30. The van der Waals surface area contributed by atoms with Crippen LogP contribution in [0.2, 0.25) is 0 Å². The van der Waals surface area contributed by atoms with E-state index in [4.69, 9.17) is 0 Å². The lowest BCUT2D eigenvalue weighted by molar-refractivity contribution is 0.579. The molecule has 6 aromatic rings. The van der Waals surface area contributed by atoms with E-state index < -0.39 is 9.84 Å². The minimum atomic E-state index is -4.10. The standard InChI is InChI=1S/C68H79N3O2S3/c1-21-70-51-29-27-45(63(3,4)5)35-53(51)74-55-37-47(65(9,10)11)33-43(61(55)70)25-23-41-31-49(67(15,16)17)39-57-59(41)69-60-42(32-50(68(18,19)20)40-58(60)76(57,72)73)24-26-44-34-48(66(12,13)14)38-56-62(44)71(22-2)52-30-28-46(64(6,7)8)36-54(52)75-56/h27-40,69H,21-22H2,1-20H3. The molecule has 8 heteroatoms. The summed E-state index contributed by atoms with van der Waals surface area (Å²) in [7, 11) is -4.10. The van der Waals surface area contributed by atoms with Gasteiger partial charge in [-0.3, -0.25) is 0 Å². The van der Waals surface area contributed by atoms with Gasteiger partial charge in [-0.15, -0.1) is 0 Å². The minimum absolute atomic E-state index is 0.0138. The highest BCUT2D eigenvalue weighted by molar-refractivity contribution is 8.00. The van der Waals surface area contributed by atoms with Crippen LogP contribution in [0.5, 0.6) is 0 Å². The quantitative estimate of drug-likeness (QED) is 0.173. The summed E-state index contributed by atoms with van der Waals surface area (Å²) in [6.07, 6.45) is 0. The molecule has 0 unspecified atom stereocenters. The van der Waals surface area contributed by atoms with Crippen LogP contribution in [0.4, 0.5) is 34.1 Å². The maximum atomic E-state index is 15.6. The average molecular weight is 1070 g/mol. The van der Waals surface area contributed by atoms with Gasteiger partial charge in [-0.1, -0.05) is 184 Å². The Morgan fingerprint density at radius 3 is 1.00 bits per heavy atom. The topological polar surface area (TPSA) is 52.6 Å². The van der Waals surface area contributed by atoms with Crippen molar-refractivity contribution < 1.29 is 8.42 Å². The normalized spacial score (nSPS) is 14.9. The van der Waals surface area contributed by atoms with Gasteiger partial charge >= 0.3 is 0 Å². The molecule has 6 aromatic carbocycles. The number of sulfone groups is 1. The second-order valence-electron chi connectivity index (χ2n) is 27.2. The van der Waals surface area contributed by atoms with E-state index in [-0.39, 0.29) is 42.3 Å². The molecular weight excluding hydrogens is 987 g/mol. The molecule has 76 heavy (non-hydrogen) atoms. The van der Waals surface area contributed by atoms with E-state index in [9.17, 15) is 0 Å². The molecule has 0 aromatic heterocycles. The molecule has 5 nitrogen and oxygen atoms in total. The molecule has 3 heterocycles. The molecule has 0 bridgehead atoms. The Morgan fingerprint density at radius 2 is 0.684 bits per heavy atom. The second kappa shape index (κ2) is 18.9. The first kappa shape index (κ1) is 55.3. The van der Waals surface area contributed by atoms with Crippen LogP contribution in [0.15, 0.2) is 114 Å². The summed E-state index contributed by atoms with van der Waals surface area (Å²) in [5, 5.41) is 3.75. The van der Waals surface area contributed by atoms with Gasteiger partial charge in [0.1, 0.15) is 0 Å². The van der Waals surface area contributed by atoms with Crippen molar-refractivity contribution in [2.24, 2.45) is 0 Å². The number of benzene rings is 6. The van der Waals surface area contributed by atoms with Crippen molar-refractivity contribution in [3.63, 3.8) is 0 Å². The fourth-order valence-electron chi connectivity index (χ4n) is 10.2. The molecule has 1 N–H and O–H groups in total. The lowest BCUT2D eigenvalue weighted by Gasteiger charge is -2.35. The molecule has 0 saturated carbocycles. The SMILES string of the molecule is CCN1c2ccc(C(C)(C)C)cc2Sc2cc(C(C)(C)C)cc(C#Cc3cc(C(C)(C)C)cc4c3Nc3c(C#Cc5cc(C(C)(C)C)cc6c5N(CC)c5ccc(C(C)(C)C)cc5S6)cc(C(C)(C)C)cc3S4(=O)=O)c21. The zero-order chi connectivity index (χ0) is 55.6. The van der Waals surface area contributed by atoms with Crippen LogP contribution >= 0.6 is 23.5 Å². The summed E-state index contributed by atoms with van der Waals surface area (Å²) < 4.78 is 31.2. The van der Waals surface area contributed by atoms with Crippen molar-refractivity contribution >= 4 is 67.5 Å². The van der Waals surface area contributed by atoms with Crippen LogP contribution in [-0.4, -0.2) is 21.5 Å². The van der Waals surface area contributed by atoms with Crippen LogP contribution < -0.4 is 15.1 Å². The van der Waals surface area contributed by atoms with Crippen molar-refractivity contribution in [2.75, 3.05) is 28.2 Å². The number of hydrogen-bond acceptors (Lipinski definition) is 7. The third-order valence-electron chi connectivity index (χ3n) is 15.2. The molecule has 0 aliphatic carbocycles. The first-order chi connectivity index (χ1) is 35.1. The highest BCUT2D eigenvalue weighted by Crippen LogP contribution is 2.54. The smallest absolute Gasteiger partial charge is 0.210 e. The van der Waals surface area contributed by atoms with E-state index in [0.29, 0.717) is 22.5 Å².